The number of halogens is 1. The van der Waals surface area contributed by atoms with Gasteiger partial charge in [-0.3, -0.25) is 9.69 Å². The molecular formula is C13H18BrN3O2. The molecule has 0 radical (unpaired) electrons. The maximum atomic E-state index is 12.0. The van der Waals surface area contributed by atoms with E-state index in [-0.39, 0.29) is 11.9 Å². The fourth-order valence-corrected chi connectivity index (χ4v) is 2.43. The van der Waals surface area contributed by atoms with Gasteiger partial charge in [-0.05, 0) is 35.0 Å². The van der Waals surface area contributed by atoms with Crippen molar-refractivity contribution >= 4 is 21.8 Å². The molecule has 1 fully saturated rings. The average Bonchev–Trinajstić information content (AvgIpc) is 2.39. The lowest BCUT2D eigenvalue weighted by molar-refractivity contribution is 0.0342. The maximum absolute atomic E-state index is 12.0. The van der Waals surface area contributed by atoms with Crippen molar-refractivity contribution in [1.82, 2.24) is 15.2 Å². The molecule has 5 nitrogen and oxygen atoms in total. The first-order valence-electron chi connectivity index (χ1n) is 6.37. The summed E-state index contributed by atoms with van der Waals surface area (Å²) in [5, 5.41) is 3.00. The molecule has 6 heteroatoms. The maximum Gasteiger partial charge on any atom is 0.251 e. The van der Waals surface area contributed by atoms with Gasteiger partial charge in [-0.2, -0.15) is 0 Å². The number of rotatable bonds is 4. The van der Waals surface area contributed by atoms with Gasteiger partial charge in [0.05, 0.1) is 13.2 Å². The lowest BCUT2D eigenvalue weighted by atomic mass is 10.2. The Bertz CT molecular complexity index is 436. The van der Waals surface area contributed by atoms with E-state index in [1.54, 1.807) is 18.3 Å². The van der Waals surface area contributed by atoms with Crippen LogP contribution in [0.5, 0.6) is 0 Å². The first-order chi connectivity index (χ1) is 9.15. The second kappa shape index (κ2) is 6.98. The molecule has 1 atom stereocenters. The van der Waals surface area contributed by atoms with Crippen molar-refractivity contribution in [2.45, 2.75) is 13.0 Å². The van der Waals surface area contributed by atoms with Gasteiger partial charge in [0, 0.05) is 37.4 Å². The van der Waals surface area contributed by atoms with Crippen molar-refractivity contribution in [2.24, 2.45) is 0 Å². The number of amides is 1. The van der Waals surface area contributed by atoms with Gasteiger partial charge in [0.2, 0.25) is 0 Å². The molecule has 0 saturated carbocycles. The molecule has 1 aliphatic heterocycles. The van der Waals surface area contributed by atoms with Crippen molar-refractivity contribution < 1.29 is 9.53 Å². The minimum Gasteiger partial charge on any atom is -0.379 e. The van der Waals surface area contributed by atoms with Gasteiger partial charge in [0.15, 0.2) is 0 Å². The third-order valence-corrected chi connectivity index (χ3v) is 3.44. The van der Waals surface area contributed by atoms with E-state index < -0.39 is 0 Å². The predicted molar refractivity (Wildman–Crippen MR) is 76.1 cm³/mol. The molecule has 19 heavy (non-hydrogen) atoms. The van der Waals surface area contributed by atoms with Crippen LogP contribution >= 0.6 is 15.9 Å². The Morgan fingerprint density at radius 3 is 3.00 bits per heavy atom. The SMILES string of the molecule is CC(CN1CCOCC1)NC(=O)c1ccnc(Br)c1. The first kappa shape index (κ1) is 14.4. The van der Waals surface area contributed by atoms with E-state index in [0.717, 1.165) is 32.8 Å². The predicted octanol–water partition coefficient (Wildman–Crippen LogP) is 1.29. The Morgan fingerprint density at radius 2 is 2.32 bits per heavy atom. The molecule has 2 rings (SSSR count). The fourth-order valence-electron chi connectivity index (χ4n) is 2.07. The Labute approximate surface area is 121 Å². The van der Waals surface area contributed by atoms with Crippen molar-refractivity contribution in [1.29, 1.82) is 0 Å². The smallest absolute Gasteiger partial charge is 0.251 e. The lowest BCUT2D eigenvalue weighted by Gasteiger charge is -2.29. The number of nitrogens with one attached hydrogen (secondary N) is 1. The lowest BCUT2D eigenvalue weighted by Crippen LogP contribution is -2.46. The largest absolute Gasteiger partial charge is 0.379 e. The van der Waals surface area contributed by atoms with E-state index in [2.05, 4.69) is 31.1 Å². The highest BCUT2D eigenvalue weighted by Crippen LogP contribution is 2.08. The summed E-state index contributed by atoms with van der Waals surface area (Å²) in [6.07, 6.45) is 1.62. The number of hydrogen-bond donors (Lipinski definition) is 1. The van der Waals surface area contributed by atoms with Crippen LogP contribution in [0.4, 0.5) is 0 Å². The van der Waals surface area contributed by atoms with E-state index in [4.69, 9.17) is 4.74 Å². The number of carbonyl (C=O) groups excluding carboxylic acids is 1. The summed E-state index contributed by atoms with van der Waals surface area (Å²) < 4.78 is 5.97. The van der Waals surface area contributed by atoms with Gasteiger partial charge < -0.3 is 10.1 Å². The van der Waals surface area contributed by atoms with Crippen LogP contribution in [0.25, 0.3) is 0 Å². The summed E-state index contributed by atoms with van der Waals surface area (Å²) in [5.41, 5.74) is 0.621. The number of ether oxygens (including phenoxy) is 1. The molecule has 0 bridgehead atoms. The van der Waals surface area contributed by atoms with Crippen LogP contribution in [0, 0.1) is 0 Å². The van der Waals surface area contributed by atoms with Crippen LogP contribution in [0.15, 0.2) is 22.9 Å². The Morgan fingerprint density at radius 1 is 1.58 bits per heavy atom. The van der Waals surface area contributed by atoms with Crippen LogP contribution in [0.3, 0.4) is 0 Å². The minimum atomic E-state index is -0.0659. The number of hydrogen-bond acceptors (Lipinski definition) is 4. The molecule has 104 valence electrons. The van der Waals surface area contributed by atoms with E-state index in [9.17, 15) is 4.79 Å². The summed E-state index contributed by atoms with van der Waals surface area (Å²) in [4.78, 5) is 18.4. The highest BCUT2D eigenvalue weighted by atomic mass is 79.9. The Hall–Kier alpha value is -0.980. The van der Waals surface area contributed by atoms with Gasteiger partial charge in [0.1, 0.15) is 4.60 Å². The molecule has 1 unspecified atom stereocenters. The first-order valence-corrected chi connectivity index (χ1v) is 7.17. The zero-order valence-electron chi connectivity index (χ0n) is 10.9. The number of morpholine rings is 1. The van der Waals surface area contributed by atoms with Crippen molar-refractivity contribution in [3.8, 4) is 0 Å². The minimum absolute atomic E-state index is 0.0659. The van der Waals surface area contributed by atoms with Gasteiger partial charge >= 0.3 is 0 Å². The Balaban J connectivity index is 1.84. The standard InChI is InChI=1S/C13H18BrN3O2/c1-10(9-17-4-6-19-7-5-17)16-13(18)11-2-3-15-12(14)8-11/h2-3,8,10H,4-7,9H2,1H3,(H,16,18). The second-order valence-corrected chi connectivity index (χ2v) is 5.47. The monoisotopic (exact) mass is 327 g/mol. The van der Waals surface area contributed by atoms with Crippen molar-refractivity contribution in [3.63, 3.8) is 0 Å². The molecule has 2 heterocycles. The second-order valence-electron chi connectivity index (χ2n) is 4.65. The Kier molecular flexibility index (Phi) is 5.30. The van der Waals surface area contributed by atoms with Crippen LogP contribution in [0.1, 0.15) is 17.3 Å². The van der Waals surface area contributed by atoms with E-state index >= 15 is 0 Å². The number of carbonyl (C=O) groups is 1. The molecular weight excluding hydrogens is 310 g/mol. The summed E-state index contributed by atoms with van der Waals surface area (Å²) in [6, 6.07) is 3.54. The summed E-state index contributed by atoms with van der Waals surface area (Å²) in [6.45, 7) is 6.28. The van der Waals surface area contributed by atoms with Gasteiger partial charge in [-0.1, -0.05) is 0 Å². The van der Waals surface area contributed by atoms with E-state index in [1.807, 2.05) is 6.92 Å². The van der Waals surface area contributed by atoms with E-state index in [0.29, 0.717) is 10.2 Å². The third-order valence-electron chi connectivity index (χ3n) is 3.00. The quantitative estimate of drug-likeness (QED) is 0.847. The fraction of sp³-hybridized carbons (Fsp3) is 0.538. The molecule has 1 saturated heterocycles. The highest BCUT2D eigenvalue weighted by Gasteiger charge is 2.16. The van der Waals surface area contributed by atoms with Gasteiger partial charge in [-0.25, -0.2) is 4.98 Å². The highest BCUT2D eigenvalue weighted by molar-refractivity contribution is 9.10. The molecule has 0 aliphatic carbocycles. The zero-order chi connectivity index (χ0) is 13.7. The van der Waals surface area contributed by atoms with Crippen molar-refractivity contribution in [3.05, 3.63) is 28.5 Å². The summed E-state index contributed by atoms with van der Waals surface area (Å²) in [5.74, 6) is -0.0659. The molecule has 0 spiro atoms. The van der Waals surface area contributed by atoms with Gasteiger partial charge in [-0.15, -0.1) is 0 Å². The van der Waals surface area contributed by atoms with Crippen LogP contribution < -0.4 is 5.32 Å². The molecule has 1 aliphatic rings. The van der Waals surface area contributed by atoms with Crippen LogP contribution in [-0.2, 0) is 4.74 Å². The zero-order valence-corrected chi connectivity index (χ0v) is 12.5. The topological polar surface area (TPSA) is 54.5 Å². The van der Waals surface area contributed by atoms with Crippen LogP contribution in [0.2, 0.25) is 0 Å². The number of pyridine rings is 1. The van der Waals surface area contributed by atoms with Crippen LogP contribution in [-0.4, -0.2) is 54.7 Å². The molecule has 1 amide bonds. The third kappa shape index (κ3) is 4.56. The number of aromatic nitrogens is 1. The average molecular weight is 328 g/mol. The number of nitrogens with zero attached hydrogens (tertiary/aromatic N) is 2. The van der Waals surface area contributed by atoms with Crippen molar-refractivity contribution in [2.75, 3.05) is 32.8 Å². The summed E-state index contributed by atoms with van der Waals surface area (Å²) in [7, 11) is 0. The normalized spacial score (nSPS) is 18.0. The molecule has 0 aromatic carbocycles. The van der Waals surface area contributed by atoms with Gasteiger partial charge in [0.25, 0.3) is 5.91 Å². The summed E-state index contributed by atoms with van der Waals surface area (Å²) >= 11 is 3.26. The van der Waals surface area contributed by atoms with E-state index in [1.165, 1.54) is 0 Å². The molecule has 1 aromatic rings. The molecule has 1 aromatic heterocycles. The molecule has 1 N–H and O–H groups in total.